The number of aliphatic hydroxyl groups excluding tert-OH is 2. The number of imide groups is 1. The van der Waals surface area contributed by atoms with E-state index in [-0.39, 0.29) is 17.7 Å². The molecule has 0 bridgehead atoms. The second-order valence-electron chi connectivity index (χ2n) is 5.72. The van der Waals surface area contributed by atoms with E-state index in [1.165, 1.54) is 18.2 Å². The number of fused-ring (bicyclic) bond motifs is 1. The minimum absolute atomic E-state index is 0.00126. The third-order valence-corrected chi connectivity index (χ3v) is 4.24. The predicted octanol–water partition coefficient (Wildman–Crippen LogP) is -0.501. The number of benzene rings is 1. The lowest BCUT2D eigenvalue weighted by atomic mass is 9.96. The Labute approximate surface area is 143 Å². The summed E-state index contributed by atoms with van der Waals surface area (Å²) in [5.74, 6) is -1.26. The fourth-order valence-electron chi connectivity index (χ4n) is 3.04. The molecule has 2 aliphatic heterocycles. The zero-order chi connectivity index (χ0) is 18.1. The number of nitrogens with zero attached hydrogens (tertiary/aromatic N) is 1. The van der Waals surface area contributed by atoms with Crippen LogP contribution in [0.15, 0.2) is 36.9 Å². The molecular formula is C17H17NO7. The molecule has 0 radical (unpaired) electrons. The number of aldehydes is 1. The van der Waals surface area contributed by atoms with Crippen LogP contribution in [0.5, 0.6) is 0 Å². The first-order chi connectivity index (χ1) is 12.0. The Hall–Kier alpha value is -2.39. The van der Waals surface area contributed by atoms with Crippen LogP contribution in [0, 0.1) is 0 Å². The molecule has 25 heavy (non-hydrogen) atoms. The quantitative estimate of drug-likeness (QED) is 0.419. The summed E-state index contributed by atoms with van der Waals surface area (Å²) in [5, 5.41) is 20.5. The average molecular weight is 347 g/mol. The summed E-state index contributed by atoms with van der Waals surface area (Å²) in [6.07, 6.45) is -4.09. The zero-order valence-corrected chi connectivity index (χ0v) is 13.1. The zero-order valence-electron chi connectivity index (χ0n) is 13.1. The SMILES string of the molecule is C=CCO[C@H]1O[C@H](C=O)[C@@H](O)[C@H](O)[C@H]1N1C(=O)c2ccccc2C1=O. The molecule has 3 rings (SSSR count). The fourth-order valence-corrected chi connectivity index (χ4v) is 3.04. The van der Waals surface area contributed by atoms with E-state index in [0.717, 1.165) is 4.90 Å². The van der Waals surface area contributed by atoms with Crippen molar-refractivity contribution >= 4 is 18.1 Å². The summed E-state index contributed by atoms with van der Waals surface area (Å²) < 4.78 is 10.7. The van der Waals surface area contributed by atoms with Gasteiger partial charge in [0.1, 0.15) is 24.4 Å². The van der Waals surface area contributed by atoms with E-state index in [4.69, 9.17) is 9.47 Å². The van der Waals surface area contributed by atoms with Gasteiger partial charge in [0, 0.05) is 0 Å². The van der Waals surface area contributed by atoms with Gasteiger partial charge in [0.25, 0.3) is 11.8 Å². The third kappa shape index (κ3) is 2.79. The maximum absolute atomic E-state index is 12.6. The number of hydrogen-bond acceptors (Lipinski definition) is 7. The number of carbonyl (C=O) groups excluding carboxylic acids is 3. The molecule has 2 amide bonds. The van der Waals surface area contributed by atoms with Crippen LogP contribution in [-0.4, -0.2) is 70.5 Å². The number of carbonyl (C=O) groups is 3. The van der Waals surface area contributed by atoms with Crippen molar-refractivity contribution in [2.75, 3.05) is 6.61 Å². The molecule has 0 aromatic heterocycles. The van der Waals surface area contributed by atoms with Gasteiger partial charge < -0.3 is 24.5 Å². The molecule has 1 aromatic carbocycles. The summed E-state index contributed by atoms with van der Waals surface area (Å²) >= 11 is 0. The highest BCUT2D eigenvalue weighted by atomic mass is 16.7. The summed E-state index contributed by atoms with van der Waals surface area (Å²) in [4.78, 5) is 37.1. The lowest BCUT2D eigenvalue weighted by molar-refractivity contribution is -0.262. The highest BCUT2D eigenvalue weighted by molar-refractivity contribution is 6.21. The van der Waals surface area contributed by atoms with Gasteiger partial charge in [-0.25, -0.2) is 0 Å². The molecule has 0 aliphatic carbocycles. The van der Waals surface area contributed by atoms with Gasteiger partial charge in [0.05, 0.1) is 17.7 Å². The lowest BCUT2D eigenvalue weighted by Gasteiger charge is -2.43. The Morgan fingerprint density at radius 3 is 2.28 bits per heavy atom. The number of hydrogen-bond donors (Lipinski definition) is 2. The normalized spacial score (nSPS) is 31.8. The second-order valence-corrected chi connectivity index (χ2v) is 5.72. The molecule has 5 atom stereocenters. The van der Waals surface area contributed by atoms with Crippen molar-refractivity contribution < 1.29 is 34.1 Å². The minimum atomic E-state index is -1.61. The molecule has 8 heteroatoms. The molecule has 2 aliphatic rings. The summed E-state index contributed by atoms with van der Waals surface area (Å²) in [6.45, 7) is 3.49. The maximum Gasteiger partial charge on any atom is 0.262 e. The summed E-state index contributed by atoms with van der Waals surface area (Å²) in [7, 11) is 0. The van der Waals surface area contributed by atoms with Crippen LogP contribution in [0.2, 0.25) is 0 Å². The third-order valence-electron chi connectivity index (χ3n) is 4.24. The van der Waals surface area contributed by atoms with E-state index in [9.17, 15) is 24.6 Å². The average Bonchev–Trinajstić information content (AvgIpc) is 2.87. The lowest BCUT2D eigenvalue weighted by Crippen LogP contribution is -2.65. The molecule has 1 aromatic rings. The Morgan fingerprint density at radius 2 is 1.76 bits per heavy atom. The van der Waals surface area contributed by atoms with E-state index in [1.807, 2.05) is 0 Å². The minimum Gasteiger partial charge on any atom is -0.388 e. The highest BCUT2D eigenvalue weighted by Crippen LogP contribution is 2.32. The van der Waals surface area contributed by atoms with Gasteiger partial charge in [-0.2, -0.15) is 0 Å². The molecule has 0 unspecified atom stereocenters. The summed E-state index contributed by atoms with van der Waals surface area (Å²) in [6, 6.07) is 4.92. The van der Waals surface area contributed by atoms with Crippen LogP contribution in [0.25, 0.3) is 0 Å². The van der Waals surface area contributed by atoms with E-state index in [2.05, 4.69) is 6.58 Å². The molecule has 0 saturated carbocycles. The molecule has 8 nitrogen and oxygen atoms in total. The maximum atomic E-state index is 12.6. The van der Waals surface area contributed by atoms with Gasteiger partial charge in [-0.1, -0.05) is 18.2 Å². The van der Waals surface area contributed by atoms with Gasteiger partial charge in [-0.05, 0) is 12.1 Å². The van der Waals surface area contributed by atoms with Crippen LogP contribution in [-0.2, 0) is 14.3 Å². The van der Waals surface area contributed by atoms with Gasteiger partial charge in [-0.3, -0.25) is 14.5 Å². The Morgan fingerprint density at radius 1 is 1.16 bits per heavy atom. The molecule has 0 spiro atoms. The van der Waals surface area contributed by atoms with Crippen LogP contribution in [0.4, 0.5) is 0 Å². The highest BCUT2D eigenvalue weighted by Gasteiger charge is 2.53. The van der Waals surface area contributed by atoms with Crippen molar-refractivity contribution in [1.29, 1.82) is 0 Å². The molecule has 1 fully saturated rings. The van der Waals surface area contributed by atoms with Crippen molar-refractivity contribution in [3.63, 3.8) is 0 Å². The first kappa shape index (κ1) is 17.4. The van der Waals surface area contributed by atoms with E-state index in [1.54, 1.807) is 12.1 Å². The first-order valence-corrected chi connectivity index (χ1v) is 7.67. The van der Waals surface area contributed by atoms with Gasteiger partial charge in [0.2, 0.25) is 0 Å². The van der Waals surface area contributed by atoms with Crippen molar-refractivity contribution in [3.05, 3.63) is 48.0 Å². The standard InChI is InChI=1S/C17H17NO7/c1-2-7-24-17-12(14(21)13(20)11(8-19)25-17)18-15(22)9-5-3-4-6-10(9)16(18)23/h2-6,8,11-14,17,20-21H,1,7H2/t11-,12-,13-,14-,17+/m1/s1. The monoisotopic (exact) mass is 347 g/mol. The van der Waals surface area contributed by atoms with E-state index >= 15 is 0 Å². The van der Waals surface area contributed by atoms with Crippen LogP contribution >= 0.6 is 0 Å². The molecule has 2 N–H and O–H groups in total. The van der Waals surface area contributed by atoms with Crippen LogP contribution < -0.4 is 0 Å². The molecular weight excluding hydrogens is 330 g/mol. The van der Waals surface area contributed by atoms with Crippen molar-refractivity contribution in [2.45, 2.75) is 30.6 Å². The molecule has 132 valence electrons. The number of ether oxygens (including phenoxy) is 2. The van der Waals surface area contributed by atoms with Gasteiger partial charge in [0.15, 0.2) is 12.6 Å². The molecule has 2 heterocycles. The Kier molecular flexibility index (Phi) is 4.78. The number of amides is 2. The fraction of sp³-hybridized carbons (Fsp3) is 0.353. The predicted molar refractivity (Wildman–Crippen MR) is 83.6 cm³/mol. The largest absolute Gasteiger partial charge is 0.388 e. The van der Waals surface area contributed by atoms with Crippen LogP contribution in [0.3, 0.4) is 0 Å². The van der Waals surface area contributed by atoms with Crippen LogP contribution in [0.1, 0.15) is 20.7 Å². The van der Waals surface area contributed by atoms with Crippen molar-refractivity contribution in [3.8, 4) is 0 Å². The number of aliphatic hydroxyl groups is 2. The van der Waals surface area contributed by atoms with Gasteiger partial charge in [-0.15, -0.1) is 6.58 Å². The smallest absolute Gasteiger partial charge is 0.262 e. The van der Waals surface area contributed by atoms with Gasteiger partial charge >= 0.3 is 0 Å². The topological polar surface area (TPSA) is 113 Å². The number of rotatable bonds is 5. The second kappa shape index (κ2) is 6.85. The van der Waals surface area contributed by atoms with Crippen molar-refractivity contribution in [1.82, 2.24) is 4.90 Å². The van der Waals surface area contributed by atoms with E-state index in [0.29, 0.717) is 6.29 Å². The molecule has 1 saturated heterocycles. The summed E-state index contributed by atoms with van der Waals surface area (Å²) in [5.41, 5.74) is 0.378. The Balaban J connectivity index is 1.97. The van der Waals surface area contributed by atoms with Crippen molar-refractivity contribution in [2.24, 2.45) is 0 Å². The Bertz CT molecular complexity index is 684. The van der Waals surface area contributed by atoms with E-state index < -0.39 is 42.5 Å². The first-order valence-electron chi connectivity index (χ1n) is 7.67.